The van der Waals surface area contributed by atoms with Crippen LogP contribution >= 0.6 is 0 Å². The Labute approximate surface area is 197 Å². The van der Waals surface area contributed by atoms with Gasteiger partial charge < -0.3 is 15.2 Å². The largest absolute Gasteiger partial charge is 0.479 e. The average Bonchev–Trinajstić information content (AvgIpc) is 3.20. The normalized spacial score (nSPS) is 12.9. The van der Waals surface area contributed by atoms with E-state index in [4.69, 9.17) is 4.74 Å². The molecule has 1 aliphatic rings. The summed E-state index contributed by atoms with van der Waals surface area (Å²) in [6, 6.07) is 31.7. The highest BCUT2D eigenvalue weighted by atomic mass is 16.5. The first-order chi connectivity index (χ1) is 16.6. The van der Waals surface area contributed by atoms with E-state index in [1.54, 1.807) is 18.2 Å². The molecule has 0 aromatic heterocycles. The number of nitrogens with one attached hydrogen (secondary N) is 1. The Bertz CT molecular complexity index is 1300. The summed E-state index contributed by atoms with van der Waals surface area (Å²) in [6.45, 7) is 0.121. The summed E-state index contributed by atoms with van der Waals surface area (Å²) in [5.41, 5.74) is 6.78. The van der Waals surface area contributed by atoms with Crippen molar-refractivity contribution in [2.75, 3.05) is 6.61 Å². The number of hydrogen-bond donors (Lipinski definition) is 2. The molecule has 4 aromatic rings. The molecular weight excluding hydrogens is 426 g/mol. The second kappa shape index (κ2) is 9.24. The molecule has 1 aliphatic carbocycles. The van der Waals surface area contributed by atoms with Gasteiger partial charge in [-0.05, 0) is 45.0 Å². The quantitative estimate of drug-likeness (QED) is 0.378. The fraction of sp³-hybridized carbons (Fsp3) is 0.103. The maximum Gasteiger partial charge on any atom is 0.408 e. The molecule has 5 heteroatoms. The van der Waals surface area contributed by atoms with Crippen LogP contribution in [0.2, 0.25) is 0 Å². The van der Waals surface area contributed by atoms with Gasteiger partial charge in [0.05, 0.1) is 0 Å². The zero-order chi connectivity index (χ0) is 23.5. The molecule has 0 aliphatic heterocycles. The van der Waals surface area contributed by atoms with Gasteiger partial charge in [-0.3, -0.25) is 0 Å². The molecule has 168 valence electrons. The van der Waals surface area contributed by atoms with Gasteiger partial charge in [-0.15, -0.1) is 0 Å². The Morgan fingerprint density at radius 2 is 1.35 bits per heavy atom. The fourth-order valence-electron chi connectivity index (χ4n) is 4.57. The summed E-state index contributed by atoms with van der Waals surface area (Å²) in [5.74, 6) is -1.25. The Morgan fingerprint density at radius 3 is 2.00 bits per heavy atom. The zero-order valence-electron chi connectivity index (χ0n) is 18.3. The van der Waals surface area contributed by atoms with Gasteiger partial charge in [0.1, 0.15) is 6.61 Å². The van der Waals surface area contributed by atoms with E-state index in [1.165, 1.54) is 0 Å². The second-order valence-corrected chi connectivity index (χ2v) is 8.23. The minimum absolute atomic E-state index is 0.0946. The Morgan fingerprint density at radius 1 is 0.765 bits per heavy atom. The lowest BCUT2D eigenvalue weighted by molar-refractivity contribution is -0.139. The molecule has 0 radical (unpaired) electrons. The third kappa shape index (κ3) is 4.16. The van der Waals surface area contributed by atoms with Gasteiger partial charge in [0.25, 0.3) is 0 Å². The van der Waals surface area contributed by atoms with Crippen LogP contribution in [-0.2, 0) is 9.53 Å². The molecule has 0 heterocycles. The van der Waals surface area contributed by atoms with E-state index in [1.807, 2.05) is 72.8 Å². The van der Waals surface area contributed by atoms with Crippen LogP contribution in [0.4, 0.5) is 4.79 Å². The maximum absolute atomic E-state index is 12.7. The minimum atomic E-state index is -1.22. The van der Waals surface area contributed by atoms with Gasteiger partial charge in [-0.1, -0.05) is 97.1 Å². The minimum Gasteiger partial charge on any atom is -0.479 e. The van der Waals surface area contributed by atoms with E-state index in [0.717, 1.165) is 33.4 Å². The molecule has 0 fully saturated rings. The number of benzene rings is 4. The van der Waals surface area contributed by atoms with Crippen molar-refractivity contribution >= 4 is 12.1 Å². The van der Waals surface area contributed by atoms with Crippen molar-refractivity contribution in [3.8, 4) is 22.3 Å². The highest BCUT2D eigenvalue weighted by Gasteiger charge is 2.30. The van der Waals surface area contributed by atoms with Crippen LogP contribution in [0.5, 0.6) is 0 Å². The van der Waals surface area contributed by atoms with Crippen molar-refractivity contribution in [2.24, 2.45) is 0 Å². The lowest BCUT2D eigenvalue weighted by atomic mass is 9.98. The van der Waals surface area contributed by atoms with Crippen molar-refractivity contribution < 1.29 is 19.4 Å². The predicted octanol–water partition coefficient (Wildman–Crippen LogP) is 6.02. The molecule has 5 rings (SSSR count). The smallest absolute Gasteiger partial charge is 0.408 e. The van der Waals surface area contributed by atoms with E-state index in [-0.39, 0.29) is 12.5 Å². The fourth-order valence-corrected chi connectivity index (χ4v) is 4.57. The van der Waals surface area contributed by atoms with E-state index >= 15 is 0 Å². The molecule has 0 saturated carbocycles. The van der Waals surface area contributed by atoms with Gasteiger partial charge in [-0.2, -0.15) is 0 Å². The Kier molecular flexibility index (Phi) is 5.83. The summed E-state index contributed by atoms with van der Waals surface area (Å²) in [7, 11) is 0. The van der Waals surface area contributed by atoms with Crippen molar-refractivity contribution in [1.29, 1.82) is 0 Å². The molecule has 2 N–H and O–H groups in total. The number of carbonyl (C=O) groups excluding carboxylic acids is 1. The first kappa shape index (κ1) is 21.5. The van der Waals surface area contributed by atoms with Crippen LogP contribution in [0, 0.1) is 0 Å². The van der Waals surface area contributed by atoms with Gasteiger partial charge in [-0.25, -0.2) is 9.59 Å². The van der Waals surface area contributed by atoms with Crippen molar-refractivity contribution in [1.82, 2.24) is 5.32 Å². The Hall–Kier alpha value is -4.38. The highest BCUT2D eigenvalue weighted by Crippen LogP contribution is 2.44. The number of hydrogen-bond acceptors (Lipinski definition) is 3. The van der Waals surface area contributed by atoms with Crippen LogP contribution in [0.15, 0.2) is 103 Å². The van der Waals surface area contributed by atoms with Crippen molar-refractivity contribution in [3.63, 3.8) is 0 Å². The molecule has 0 bridgehead atoms. The number of aliphatic carboxylic acids is 1. The van der Waals surface area contributed by atoms with Crippen LogP contribution in [0.3, 0.4) is 0 Å². The van der Waals surface area contributed by atoms with Crippen LogP contribution in [0.25, 0.3) is 22.3 Å². The first-order valence-corrected chi connectivity index (χ1v) is 11.1. The number of amides is 1. The number of alkyl carbamates (subject to hydrolysis) is 1. The third-order valence-electron chi connectivity index (χ3n) is 6.18. The van der Waals surface area contributed by atoms with Crippen LogP contribution in [-0.4, -0.2) is 23.8 Å². The van der Waals surface area contributed by atoms with Crippen molar-refractivity contribution in [3.05, 3.63) is 120 Å². The summed E-state index contributed by atoms with van der Waals surface area (Å²) in [4.78, 5) is 24.7. The number of fused-ring (bicyclic) bond motifs is 3. The summed E-state index contributed by atoms with van der Waals surface area (Å²) in [5, 5.41) is 12.3. The van der Waals surface area contributed by atoms with Gasteiger partial charge in [0, 0.05) is 5.92 Å². The van der Waals surface area contributed by atoms with E-state index in [9.17, 15) is 14.7 Å². The predicted molar refractivity (Wildman–Crippen MR) is 130 cm³/mol. The molecule has 4 aromatic carbocycles. The molecule has 1 atom stereocenters. The third-order valence-corrected chi connectivity index (χ3v) is 6.18. The molecule has 1 amide bonds. The number of carboxylic acid groups (broad SMARTS) is 1. The Balaban J connectivity index is 1.32. The second-order valence-electron chi connectivity index (χ2n) is 8.23. The summed E-state index contributed by atoms with van der Waals surface area (Å²) >= 11 is 0. The highest BCUT2D eigenvalue weighted by molar-refractivity contribution is 5.82. The van der Waals surface area contributed by atoms with Crippen molar-refractivity contribution in [2.45, 2.75) is 12.0 Å². The molecule has 0 saturated heterocycles. The standard InChI is InChI=1S/C29H23NO4/c31-28(32)27(21-12-8-11-20(17-21)19-9-2-1-3-10-19)30-29(33)34-18-26-24-15-6-4-13-22(24)23-14-5-7-16-25(23)26/h1-17,26-27H,18H2,(H,30,33)(H,31,32). The number of carboxylic acids is 1. The number of rotatable bonds is 6. The van der Waals surface area contributed by atoms with E-state index < -0.39 is 18.1 Å². The molecular formula is C29H23NO4. The van der Waals surface area contributed by atoms with Gasteiger partial charge in [0.15, 0.2) is 6.04 Å². The molecule has 34 heavy (non-hydrogen) atoms. The summed E-state index contributed by atoms with van der Waals surface area (Å²) in [6.07, 6.45) is -0.764. The first-order valence-electron chi connectivity index (χ1n) is 11.1. The van der Waals surface area contributed by atoms with E-state index in [2.05, 4.69) is 17.4 Å². The topological polar surface area (TPSA) is 75.6 Å². The van der Waals surface area contributed by atoms with Gasteiger partial charge >= 0.3 is 12.1 Å². The van der Waals surface area contributed by atoms with Crippen LogP contribution in [0.1, 0.15) is 28.7 Å². The maximum atomic E-state index is 12.7. The zero-order valence-corrected chi connectivity index (χ0v) is 18.3. The monoisotopic (exact) mass is 449 g/mol. The molecule has 5 nitrogen and oxygen atoms in total. The average molecular weight is 450 g/mol. The van der Waals surface area contributed by atoms with Gasteiger partial charge in [0.2, 0.25) is 0 Å². The lowest BCUT2D eigenvalue weighted by Crippen LogP contribution is -2.34. The molecule has 1 unspecified atom stereocenters. The number of carbonyl (C=O) groups is 2. The lowest BCUT2D eigenvalue weighted by Gasteiger charge is -2.18. The number of ether oxygens (including phenoxy) is 1. The van der Waals surface area contributed by atoms with E-state index in [0.29, 0.717) is 5.56 Å². The summed E-state index contributed by atoms with van der Waals surface area (Å²) < 4.78 is 5.54. The van der Waals surface area contributed by atoms with Crippen LogP contribution < -0.4 is 5.32 Å². The SMILES string of the molecule is O=C(NC(C(=O)O)c1cccc(-c2ccccc2)c1)OCC1c2ccccc2-c2ccccc21. The molecule has 0 spiro atoms.